The summed E-state index contributed by atoms with van der Waals surface area (Å²) < 4.78 is 0. The van der Waals surface area contributed by atoms with Crippen molar-refractivity contribution < 1.29 is 0 Å². The van der Waals surface area contributed by atoms with Crippen LogP contribution in [0.4, 0.5) is 0 Å². The van der Waals surface area contributed by atoms with Crippen molar-refractivity contribution in [2.75, 3.05) is 53.4 Å². The van der Waals surface area contributed by atoms with E-state index in [4.69, 9.17) is 0 Å². The van der Waals surface area contributed by atoms with Crippen molar-refractivity contribution in [2.45, 2.75) is 39.0 Å². The number of nitrogens with zero attached hydrogens (tertiary/aromatic N) is 2. The van der Waals surface area contributed by atoms with E-state index in [0.29, 0.717) is 5.41 Å². The molecule has 3 heteroatoms. The van der Waals surface area contributed by atoms with E-state index in [2.05, 4.69) is 36.1 Å². The summed E-state index contributed by atoms with van der Waals surface area (Å²) in [6, 6.07) is 0. The quantitative estimate of drug-likeness (QED) is 0.794. The van der Waals surface area contributed by atoms with Crippen LogP contribution in [0.3, 0.4) is 0 Å². The van der Waals surface area contributed by atoms with Gasteiger partial charge in [0.05, 0.1) is 0 Å². The monoisotopic (exact) mass is 267 g/mol. The topological polar surface area (TPSA) is 18.5 Å². The Labute approximate surface area is 119 Å². The molecule has 1 N–H and O–H groups in total. The van der Waals surface area contributed by atoms with Crippen LogP contribution in [0, 0.1) is 11.3 Å². The van der Waals surface area contributed by atoms with Crippen molar-refractivity contribution in [3.8, 4) is 0 Å². The van der Waals surface area contributed by atoms with Gasteiger partial charge >= 0.3 is 0 Å². The Kier molecular flexibility index (Phi) is 5.67. The molecule has 0 aromatic rings. The van der Waals surface area contributed by atoms with E-state index >= 15 is 0 Å². The number of nitrogens with one attached hydrogen (secondary N) is 1. The van der Waals surface area contributed by atoms with Crippen LogP contribution in [0.15, 0.2) is 0 Å². The molecule has 0 aromatic heterocycles. The molecule has 2 fully saturated rings. The van der Waals surface area contributed by atoms with Crippen LogP contribution in [0.2, 0.25) is 0 Å². The molecule has 2 aliphatic heterocycles. The summed E-state index contributed by atoms with van der Waals surface area (Å²) in [6.45, 7) is 9.98. The molecule has 0 radical (unpaired) electrons. The van der Waals surface area contributed by atoms with Crippen LogP contribution in [-0.4, -0.2) is 63.2 Å². The zero-order valence-electron chi connectivity index (χ0n) is 13.2. The van der Waals surface area contributed by atoms with Gasteiger partial charge in [-0.2, -0.15) is 0 Å². The number of rotatable bonds is 6. The second kappa shape index (κ2) is 7.05. The van der Waals surface area contributed by atoms with Crippen molar-refractivity contribution in [3.63, 3.8) is 0 Å². The summed E-state index contributed by atoms with van der Waals surface area (Å²) >= 11 is 0. The Hall–Kier alpha value is -0.120. The fourth-order valence-electron chi connectivity index (χ4n) is 4.23. The molecule has 19 heavy (non-hydrogen) atoms. The first-order valence-electron chi connectivity index (χ1n) is 8.21. The Balaban J connectivity index is 1.82. The molecule has 0 aromatic carbocycles. The fraction of sp³-hybridized carbons (Fsp3) is 1.00. The highest BCUT2D eigenvalue weighted by Crippen LogP contribution is 2.35. The highest BCUT2D eigenvalue weighted by Gasteiger charge is 2.33. The van der Waals surface area contributed by atoms with Gasteiger partial charge in [-0.3, -0.25) is 0 Å². The SMILES string of the molecule is CCCC1(CN(C)CC2CCN(C)C2)CCNCC1. The van der Waals surface area contributed by atoms with Crippen LogP contribution in [0.25, 0.3) is 0 Å². The van der Waals surface area contributed by atoms with Gasteiger partial charge in [0, 0.05) is 19.6 Å². The molecule has 0 amide bonds. The van der Waals surface area contributed by atoms with Crippen LogP contribution < -0.4 is 5.32 Å². The molecule has 2 saturated heterocycles. The van der Waals surface area contributed by atoms with Gasteiger partial charge in [-0.25, -0.2) is 0 Å². The molecular weight excluding hydrogens is 234 g/mol. The first-order chi connectivity index (χ1) is 9.13. The lowest BCUT2D eigenvalue weighted by Gasteiger charge is -2.41. The van der Waals surface area contributed by atoms with Crippen LogP contribution in [-0.2, 0) is 0 Å². The van der Waals surface area contributed by atoms with Crippen LogP contribution in [0.5, 0.6) is 0 Å². The zero-order valence-corrected chi connectivity index (χ0v) is 13.2. The van der Waals surface area contributed by atoms with Crippen molar-refractivity contribution in [2.24, 2.45) is 11.3 Å². The molecular formula is C16H33N3. The standard InChI is InChI=1S/C16H33N3/c1-4-6-16(7-9-17-10-8-16)14-19(3)13-15-5-11-18(2)12-15/h15,17H,4-14H2,1-3H3. The first kappa shape index (κ1) is 15.3. The lowest BCUT2D eigenvalue weighted by Crippen LogP contribution is -2.44. The van der Waals surface area contributed by atoms with Gasteiger partial charge in [-0.1, -0.05) is 13.3 Å². The van der Waals surface area contributed by atoms with Crippen molar-refractivity contribution >= 4 is 0 Å². The van der Waals surface area contributed by atoms with Crippen molar-refractivity contribution in [1.82, 2.24) is 15.1 Å². The Morgan fingerprint density at radius 2 is 2.05 bits per heavy atom. The normalized spacial score (nSPS) is 28.1. The lowest BCUT2D eigenvalue weighted by atomic mass is 9.75. The summed E-state index contributed by atoms with van der Waals surface area (Å²) in [7, 11) is 4.60. The molecule has 0 aliphatic carbocycles. The Bertz CT molecular complexity index is 255. The first-order valence-corrected chi connectivity index (χ1v) is 8.21. The number of hydrogen-bond acceptors (Lipinski definition) is 3. The highest BCUT2D eigenvalue weighted by atomic mass is 15.2. The minimum atomic E-state index is 0.596. The molecule has 2 aliphatic rings. The van der Waals surface area contributed by atoms with E-state index in [9.17, 15) is 0 Å². The third kappa shape index (κ3) is 4.44. The summed E-state index contributed by atoms with van der Waals surface area (Å²) in [6.07, 6.45) is 6.87. The third-order valence-electron chi connectivity index (χ3n) is 5.11. The average molecular weight is 267 g/mol. The maximum Gasteiger partial charge on any atom is 0.00360 e. The van der Waals surface area contributed by atoms with Gasteiger partial charge in [0.15, 0.2) is 0 Å². The molecule has 112 valence electrons. The Morgan fingerprint density at radius 1 is 1.32 bits per heavy atom. The predicted octanol–water partition coefficient (Wildman–Crippen LogP) is 2.04. The molecule has 2 heterocycles. The molecule has 1 atom stereocenters. The molecule has 3 nitrogen and oxygen atoms in total. The average Bonchev–Trinajstić information content (AvgIpc) is 2.75. The molecule has 2 rings (SSSR count). The zero-order chi connectivity index (χ0) is 13.7. The van der Waals surface area contributed by atoms with Crippen molar-refractivity contribution in [1.29, 1.82) is 0 Å². The second-order valence-corrected chi connectivity index (χ2v) is 7.11. The highest BCUT2D eigenvalue weighted by molar-refractivity contribution is 4.87. The fourth-order valence-corrected chi connectivity index (χ4v) is 4.23. The van der Waals surface area contributed by atoms with Gasteiger partial charge in [0.2, 0.25) is 0 Å². The maximum absolute atomic E-state index is 3.52. The summed E-state index contributed by atoms with van der Waals surface area (Å²) in [4.78, 5) is 5.11. The summed E-state index contributed by atoms with van der Waals surface area (Å²) in [5.74, 6) is 0.899. The number of piperidine rings is 1. The van der Waals surface area contributed by atoms with E-state index in [1.54, 1.807) is 0 Å². The van der Waals surface area contributed by atoms with Crippen LogP contribution in [0.1, 0.15) is 39.0 Å². The smallest absolute Gasteiger partial charge is 0.00360 e. The Morgan fingerprint density at radius 3 is 2.63 bits per heavy atom. The number of hydrogen-bond donors (Lipinski definition) is 1. The molecule has 0 saturated carbocycles. The molecule has 0 spiro atoms. The van der Waals surface area contributed by atoms with E-state index < -0.39 is 0 Å². The summed E-state index contributed by atoms with van der Waals surface area (Å²) in [5.41, 5.74) is 0.596. The second-order valence-electron chi connectivity index (χ2n) is 7.11. The van der Waals surface area contributed by atoms with Gasteiger partial charge < -0.3 is 15.1 Å². The van der Waals surface area contributed by atoms with Crippen molar-refractivity contribution in [3.05, 3.63) is 0 Å². The van der Waals surface area contributed by atoms with E-state index in [0.717, 1.165) is 5.92 Å². The molecule has 1 unspecified atom stereocenters. The van der Waals surface area contributed by atoms with Gasteiger partial charge in [-0.05, 0) is 70.7 Å². The van der Waals surface area contributed by atoms with Gasteiger partial charge in [0.1, 0.15) is 0 Å². The van der Waals surface area contributed by atoms with E-state index in [1.807, 2.05) is 0 Å². The van der Waals surface area contributed by atoms with Gasteiger partial charge in [0.25, 0.3) is 0 Å². The minimum Gasteiger partial charge on any atom is -0.317 e. The third-order valence-corrected chi connectivity index (χ3v) is 5.11. The maximum atomic E-state index is 3.52. The van der Waals surface area contributed by atoms with Gasteiger partial charge in [-0.15, -0.1) is 0 Å². The van der Waals surface area contributed by atoms with E-state index in [1.165, 1.54) is 71.4 Å². The van der Waals surface area contributed by atoms with E-state index in [-0.39, 0.29) is 0 Å². The minimum absolute atomic E-state index is 0.596. The largest absolute Gasteiger partial charge is 0.317 e. The predicted molar refractivity (Wildman–Crippen MR) is 82.5 cm³/mol. The lowest BCUT2D eigenvalue weighted by molar-refractivity contribution is 0.107. The molecule has 0 bridgehead atoms. The van der Waals surface area contributed by atoms with Crippen LogP contribution >= 0.6 is 0 Å². The number of likely N-dealkylation sites (tertiary alicyclic amines) is 1. The summed E-state index contributed by atoms with van der Waals surface area (Å²) in [5, 5.41) is 3.52.